The second-order valence-corrected chi connectivity index (χ2v) is 7.13. The van der Waals surface area contributed by atoms with Crippen LogP contribution in [-0.4, -0.2) is 32.8 Å². The molecule has 0 radical (unpaired) electrons. The number of para-hydroxylation sites is 1. The molecule has 1 aliphatic carbocycles. The van der Waals surface area contributed by atoms with Gasteiger partial charge < -0.3 is 11.1 Å². The average molecular weight is 405 g/mol. The fourth-order valence-corrected chi connectivity index (χ4v) is 3.30. The molecule has 0 bridgehead atoms. The van der Waals surface area contributed by atoms with Crippen molar-refractivity contribution in [2.45, 2.75) is 32.2 Å². The molecule has 0 saturated heterocycles. The van der Waals surface area contributed by atoms with Crippen LogP contribution in [0.3, 0.4) is 0 Å². The topological polar surface area (TPSA) is 85.8 Å². The van der Waals surface area contributed by atoms with Gasteiger partial charge in [0.15, 0.2) is 0 Å². The van der Waals surface area contributed by atoms with Crippen molar-refractivity contribution in [1.29, 1.82) is 0 Å². The number of nitrogens with two attached hydrogens (primary N) is 1. The number of hydrogen-bond acceptors (Lipinski definition) is 4. The number of hydrogen-bond donors (Lipinski definition) is 2. The Morgan fingerprint density at radius 1 is 1.40 bits per heavy atom. The van der Waals surface area contributed by atoms with Gasteiger partial charge in [-0.25, -0.2) is 9.67 Å². The summed E-state index contributed by atoms with van der Waals surface area (Å²) in [5.74, 6) is 0.660. The van der Waals surface area contributed by atoms with Crippen LogP contribution in [-0.2, 0) is 0 Å². The molecule has 0 spiro atoms. The molecule has 1 fully saturated rings. The second-order valence-electron chi connectivity index (χ2n) is 6.31. The first-order valence-electron chi connectivity index (χ1n) is 7.76. The molecule has 1 aromatic heterocycles. The van der Waals surface area contributed by atoms with Gasteiger partial charge in [-0.15, -0.1) is 17.5 Å². The van der Waals surface area contributed by atoms with E-state index in [0.29, 0.717) is 34.0 Å². The number of nitrogens with one attached hydrogen (secondary N) is 1. The SMILES string of the molecule is Cc1nc(C(=O)NC(C)(CN)C2CC2)nn1-c1c(Cl)cccc1Cl.Cl. The Bertz CT molecular complexity index is 770. The van der Waals surface area contributed by atoms with E-state index in [1.54, 1.807) is 25.1 Å². The Morgan fingerprint density at radius 3 is 2.52 bits per heavy atom. The van der Waals surface area contributed by atoms with Gasteiger partial charge in [-0.1, -0.05) is 29.3 Å². The molecule has 25 heavy (non-hydrogen) atoms. The van der Waals surface area contributed by atoms with E-state index in [1.165, 1.54) is 4.68 Å². The van der Waals surface area contributed by atoms with Crippen LogP contribution in [0.4, 0.5) is 0 Å². The van der Waals surface area contributed by atoms with E-state index in [-0.39, 0.29) is 24.1 Å². The molecule has 136 valence electrons. The number of carbonyl (C=O) groups is 1. The summed E-state index contributed by atoms with van der Waals surface area (Å²) < 4.78 is 1.48. The molecule has 1 unspecified atom stereocenters. The summed E-state index contributed by atoms with van der Waals surface area (Å²) >= 11 is 12.4. The molecule has 1 atom stereocenters. The molecule has 1 heterocycles. The average Bonchev–Trinajstić information content (AvgIpc) is 3.32. The first-order valence-corrected chi connectivity index (χ1v) is 8.52. The maximum atomic E-state index is 12.5. The van der Waals surface area contributed by atoms with Crippen LogP contribution in [0.15, 0.2) is 18.2 Å². The number of carbonyl (C=O) groups excluding carboxylic acids is 1. The Balaban J connectivity index is 0.00000225. The molecule has 1 amide bonds. The van der Waals surface area contributed by atoms with Crippen LogP contribution in [0.1, 0.15) is 36.2 Å². The highest BCUT2D eigenvalue weighted by Crippen LogP contribution is 2.39. The third kappa shape index (κ3) is 3.92. The number of rotatable bonds is 5. The quantitative estimate of drug-likeness (QED) is 0.801. The van der Waals surface area contributed by atoms with Crippen molar-refractivity contribution < 1.29 is 4.79 Å². The number of aromatic nitrogens is 3. The van der Waals surface area contributed by atoms with Crippen molar-refractivity contribution in [2.75, 3.05) is 6.54 Å². The van der Waals surface area contributed by atoms with Gasteiger partial charge >= 0.3 is 0 Å². The number of aryl methyl sites for hydroxylation is 1. The molecule has 0 aliphatic heterocycles. The molecule has 3 N–H and O–H groups in total. The van der Waals surface area contributed by atoms with E-state index >= 15 is 0 Å². The largest absolute Gasteiger partial charge is 0.343 e. The fraction of sp³-hybridized carbons (Fsp3) is 0.438. The molecule has 1 saturated carbocycles. The van der Waals surface area contributed by atoms with Crippen molar-refractivity contribution in [3.05, 3.63) is 39.9 Å². The lowest BCUT2D eigenvalue weighted by molar-refractivity contribution is 0.0887. The predicted molar refractivity (Wildman–Crippen MR) is 101 cm³/mol. The maximum Gasteiger partial charge on any atom is 0.291 e. The monoisotopic (exact) mass is 403 g/mol. The summed E-state index contributed by atoms with van der Waals surface area (Å²) in [5, 5.41) is 8.13. The van der Waals surface area contributed by atoms with E-state index < -0.39 is 5.54 Å². The van der Waals surface area contributed by atoms with E-state index in [4.69, 9.17) is 28.9 Å². The van der Waals surface area contributed by atoms with Crippen LogP contribution in [0.2, 0.25) is 10.0 Å². The minimum atomic E-state index is -0.432. The first-order chi connectivity index (χ1) is 11.4. The standard InChI is InChI=1S/C16H19Cl2N5O.ClH/c1-9-20-14(15(24)21-16(2,8-19)10-6-7-10)22-23(9)13-11(17)4-3-5-12(13)18;/h3-5,10H,6-8,19H2,1-2H3,(H,21,24);1H. The third-order valence-electron chi connectivity index (χ3n) is 4.42. The van der Waals surface area contributed by atoms with Gasteiger partial charge in [0.05, 0.1) is 15.6 Å². The first kappa shape index (κ1) is 20.0. The van der Waals surface area contributed by atoms with Crippen LogP contribution in [0.5, 0.6) is 0 Å². The van der Waals surface area contributed by atoms with Crippen molar-refractivity contribution in [3.63, 3.8) is 0 Å². The van der Waals surface area contributed by atoms with Crippen molar-refractivity contribution in [1.82, 2.24) is 20.1 Å². The van der Waals surface area contributed by atoms with Gasteiger partial charge in [-0.2, -0.15) is 0 Å². The zero-order chi connectivity index (χ0) is 17.5. The molecule has 1 aromatic carbocycles. The fourth-order valence-electron chi connectivity index (χ4n) is 2.74. The molecular formula is C16H20Cl3N5O. The van der Waals surface area contributed by atoms with E-state index in [0.717, 1.165) is 12.8 Å². The van der Waals surface area contributed by atoms with Gasteiger partial charge in [0.25, 0.3) is 5.91 Å². The van der Waals surface area contributed by atoms with Crippen molar-refractivity contribution in [3.8, 4) is 5.69 Å². The lowest BCUT2D eigenvalue weighted by atomic mass is 9.96. The maximum absolute atomic E-state index is 12.5. The highest BCUT2D eigenvalue weighted by atomic mass is 35.5. The summed E-state index contributed by atoms with van der Waals surface area (Å²) in [4.78, 5) is 16.8. The lowest BCUT2D eigenvalue weighted by Crippen LogP contribution is -2.53. The summed E-state index contributed by atoms with van der Waals surface area (Å²) in [6.07, 6.45) is 2.15. The highest BCUT2D eigenvalue weighted by Gasteiger charge is 2.42. The molecule has 9 heteroatoms. The molecule has 6 nitrogen and oxygen atoms in total. The van der Waals surface area contributed by atoms with E-state index in [9.17, 15) is 4.79 Å². The molecule has 2 aromatic rings. The van der Waals surface area contributed by atoms with Gasteiger partial charge in [0.2, 0.25) is 5.82 Å². The van der Waals surface area contributed by atoms with Gasteiger partial charge in [-0.05, 0) is 44.7 Å². The van der Waals surface area contributed by atoms with Crippen molar-refractivity contribution >= 4 is 41.5 Å². The predicted octanol–water partition coefficient (Wildman–Crippen LogP) is 3.16. The smallest absolute Gasteiger partial charge is 0.291 e. The zero-order valence-corrected chi connectivity index (χ0v) is 16.3. The van der Waals surface area contributed by atoms with Crippen LogP contribution in [0, 0.1) is 12.8 Å². The number of nitrogens with zero attached hydrogens (tertiary/aromatic N) is 3. The molecular weight excluding hydrogens is 385 g/mol. The number of halogens is 3. The summed E-state index contributed by atoms with van der Waals surface area (Å²) in [6.45, 7) is 4.07. The van der Waals surface area contributed by atoms with Crippen LogP contribution >= 0.6 is 35.6 Å². The third-order valence-corrected chi connectivity index (χ3v) is 5.03. The highest BCUT2D eigenvalue weighted by molar-refractivity contribution is 6.37. The van der Waals surface area contributed by atoms with E-state index in [1.807, 2.05) is 6.92 Å². The Hall–Kier alpha value is -1.34. The number of benzene rings is 1. The van der Waals surface area contributed by atoms with Gasteiger partial charge in [0.1, 0.15) is 11.5 Å². The Morgan fingerprint density at radius 2 is 2.00 bits per heavy atom. The molecule has 3 rings (SSSR count). The van der Waals surface area contributed by atoms with Crippen LogP contribution < -0.4 is 11.1 Å². The summed E-state index contributed by atoms with van der Waals surface area (Å²) in [7, 11) is 0. The summed E-state index contributed by atoms with van der Waals surface area (Å²) in [6, 6.07) is 5.17. The van der Waals surface area contributed by atoms with Crippen molar-refractivity contribution in [2.24, 2.45) is 11.7 Å². The number of amides is 1. The Labute approximate surface area is 162 Å². The van der Waals surface area contributed by atoms with E-state index in [2.05, 4.69) is 15.4 Å². The Kier molecular flexibility index (Phi) is 5.99. The lowest BCUT2D eigenvalue weighted by Gasteiger charge is -2.28. The van der Waals surface area contributed by atoms with Gasteiger partial charge in [-0.3, -0.25) is 4.79 Å². The second kappa shape index (κ2) is 7.50. The zero-order valence-electron chi connectivity index (χ0n) is 13.9. The van der Waals surface area contributed by atoms with Crippen LogP contribution in [0.25, 0.3) is 5.69 Å². The summed E-state index contributed by atoms with van der Waals surface area (Å²) in [5.41, 5.74) is 5.92. The molecule has 1 aliphatic rings. The van der Waals surface area contributed by atoms with Gasteiger partial charge in [0, 0.05) is 6.54 Å². The minimum absolute atomic E-state index is 0. The minimum Gasteiger partial charge on any atom is -0.343 e. The normalized spacial score (nSPS) is 16.0.